The maximum atomic E-state index is 13.0. The van der Waals surface area contributed by atoms with Gasteiger partial charge in [-0.3, -0.25) is 9.59 Å². The van der Waals surface area contributed by atoms with Crippen molar-refractivity contribution >= 4 is 34.6 Å². The molecular weight excluding hydrogens is 506 g/mol. The monoisotopic (exact) mass is 539 g/mol. The number of morpholine rings is 1. The van der Waals surface area contributed by atoms with E-state index in [4.69, 9.17) is 4.74 Å². The van der Waals surface area contributed by atoms with Crippen LogP contribution in [0.4, 0.5) is 28.7 Å². The van der Waals surface area contributed by atoms with E-state index in [2.05, 4.69) is 42.5 Å². The molecule has 3 heterocycles. The lowest BCUT2D eigenvalue weighted by Crippen LogP contribution is -2.36. The van der Waals surface area contributed by atoms with Crippen molar-refractivity contribution in [2.75, 3.05) is 60.3 Å². The molecule has 2 aromatic heterocycles. The van der Waals surface area contributed by atoms with Gasteiger partial charge in [0.25, 0.3) is 11.5 Å². The summed E-state index contributed by atoms with van der Waals surface area (Å²) in [7, 11) is 2.01. The van der Waals surface area contributed by atoms with Crippen LogP contribution in [0.1, 0.15) is 22.8 Å². The standard InChI is InChI=1S/C30H33N7O3/c1-4-36(3)23-10-8-21(9-11-23)29(38)33-25-7-5-6-24(20(25)2)22-18-26(30(39)31-19-22)32-27-12-13-28(35-34-27)37-14-16-40-17-15-37/h5-13,18-19H,4,14-17H2,1-3H3,(H,31,39)(H,32,34)(H,33,38). The number of benzene rings is 2. The highest BCUT2D eigenvalue weighted by Crippen LogP contribution is 2.30. The van der Waals surface area contributed by atoms with Gasteiger partial charge >= 0.3 is 0 Å². The number of carbonyl (C=O) groups is 1. The van der Waals surface area contributed by atoms with E-state index in [1.807, 2.05) is 62.5 Å². The zero-order chi connectivity index (χ0) is 28.1. The van der Waals surface area contributed by atoms with Crippen LogP contribution in [0.2, 0.25) is 0 Å². The van der Waals surface area contributed by atoms with Crippen molar-refractivity contribution in [3.05, 3.63) is 88.3 Å². The topological polar surface area (TPSA) is 115 Å². The van der Waals surface area contributed by atoms with Gasteiger partial charge in [-0.15, -0.1) is 10.2 Å². The van der Waals surface area contributed by atoms with E-state index in [9.17, 15) is 9.59 Å². The number of aromatic nitrogens is 3. The van der Waals surface area contributed by atoms with Gasteiger partial charge in [0.1, 0.15) is 5.69 Å². The van der Waals surface area contributed by atoms with Gasteiger partial charge in [-0.1, -0.05) is 12.1 Å². The van der Waals surface area contributed by atoms with Crippen LogP contribution in [0, 0.1) is 6.92 Å². The number of nitrogens with zero attached hydrogens (tertiary/aromatic N) is 4. The van der Waals surface area contributed by atoms with Gasteiger partial charge in [-0.05, 0) is 73.5 Å². The van der Waals surface area contributed by atoms with E-state index in [0.717, 1.165) is 47.8 Å². The summed E-state index contributed by atoms with van der Waals surface area (Å²) in [6.45, 7) is 7.77. The molecule has 2 aromatic carbocycles. The van der Waals surface area contributed by atoms with E-state index >= 15 is 0 Å². The molecule has 0 atom stereocenters. The second-order valence-corrected chi connectivity index (χ2v) is 9.63. The molecule has 0 spiro atoms. The maximum absolute atomic E-state index is 13.0. The summed E-state index contributed by atoms with van der Waals surface area (Å²) in [5.41, 5.74) is 4.95. The molecule has 1 aliphatic rings. The number of H-pyrrole nitrogens is 1. The van der Waals surface area contributed by atoms with Crippen LogP contribution in [-0.2, 0) is 4.74 Å². The third kappa shape index (κ3) is 5.97. The first-order valence-corrected chi connectivity index (χ1v) is 13.3. The fraction of sp³-hybridized carbons (Fsp3) is 0.267. The number of hydrogen-bond acceptors (Lipinski definition) is 8. The highest BCUT2D eigenvalue weighted by molar-refractivity contribution is 6.05. The van der Waals surface area contributed by atoms with Crippen LogP contribution in [0.5, 0.6) is 0 Å². The average molecular weight is 540 g/mol. The van der Waals surface area contributed by atoms with Crippen LogP contribution in [-0.4, -0.2) is 61.0 Å². The van der Waals surface area contributed by atoms with Gasteiger partial charge in [-0.25, -0.2) is 0 Å². The Kier molecular flexibility index (Phi) is 8.07. The van der Waals surface area contributed by atoms with Crippen molar-refractivity contribution in [2.45, 2.75) is 13.8 Å². The summed E-state index contributed by atoms with van der Waals surface area (Å²) in [4.78, 5) is 32.6. The second-order valence-electron chi connectivity index (χ2n) is 9.63. The van der Waals surface area contributed by atoms with Gasteiger partial charge in [0.2, 0.25) is 0 Å². The number of amides is 1. The molecule has 1 aliphatic heterocycles. The van der Waals surface area contributed by atoms with Crippen molar-refractivity contribution in [3.8, 4) is 11.1 Å². The number of anilines is 5. The van der Waals surface area contributed by atoms with Crippen LogP contribution in [0.3, 0.4) is 0 Å². The molecule has 0 saturated carbocycles. The highest BCUT2D eigenvalue weighted by Gasteiger charge is 2.15. The van der Waals surface area contributed by atoms with Gasteiger partial charge in [0, 0.05) is 55.4 Å². The van der Waals surface area contributed by atoms with Crippen molar-refractivity contribution in [1.29, 1.82) is 0 Å². The molecule has 10 nitrogen and oxygen atoms in total. The molecule has 10 heteroatoms. The first kappa shape index (κ1) is 26.9. The van der Waals surface area contributed by atoms with Gasteiger partial charge in [0.15, 0.2) is 11.6 Å². The van der Waals surface area contributed by atoms with Crippen molar-refractivity contribution < 1.29 is 9.53 Å². The Hall–Kier alpha value is -4.70. The molecule has 0 unspecified atom stereocenters. The molecule has 206 valence electrons. The van der Waals surface area contributed by atoms with Gasteiger partial charge in [-0.2, -0.15) is 0 Å². The van der Waals surface area contributed by atoms with E-state index < -0.39 is 0 Å². The summed E-state index contributed by atoms with van der Waals surface area (Å²) in [6, 6.07) is 18.7. The summed E-state index contributed by atoms with van der Waals surface area (Å²) >= 11 is 0. The third-order valence-corrected chi connectivity index (χ3v) is 7.09. The first-order chi connectivity index (χ1) is 19.4. The number of nitrogens with one attached hydrogen (secondary N) is 3. The fourth-order valence-electron chi connectivity index (χ4n) is 4.55. The van der Waals surface area contributed by atoms with Crippen LogP contribution >= 0.6 is 0 Å². The van der Waals surface area contributed by atoms with Gasteiger partial charge < -0.3 is 30.2 Å². The van der Waals surface area contributed by atoms with Crippen LogP contribution in [0.15, 0.2) is 71.7 Å². The molecule has 5 rings (SSSR count). The lowest BCUT2D eigenvalue weighted by molar-refractivity contribution is 0.102. The largest absolute Gasteiger partial charge is 0.378 e. The second kappa shape index (κ2) is 12.0. The Labute approximate surface area is 233 Å². The molecule has 40 heavy (non-hydrogen) atoms. The minimum atomic E-state index is -0.276. The van der Waals surface area contributed by atoms with Crippen molar-refractivity contribution in [3.63, 3.8) is 0 Å². The molecule has 3 N–H and O–H groups in total. The summed E-state index contributed by atoms with van der Waals surface area (Å²) < 4.78 is 5.39. The normalized spacial score (nSPS) is 13.1. The number of aromatic amines is 1. The number of carbonyl (C=O) groups excluding carboxylic acids is 1. The average Bonchev–Trinajstić information content (AvgIpc) is 3.00. The molecule has 0 bridgehead atoms. The summed E-state index contributed by atoms with van der Waals surface area (Å²) in [5, 5.41) is 14.7. The minimum absolute atomic E-state index is 0.186. The Morgan fingerprint density at radius 2 is 1.82 bits per heavy atom. The summed E-state index contributed by atoms with van der Waals surface area (Å²) in [5.74, 6) is 1.05. The predicted molar refractivity (Wildman–Crippen MR) is 159 cm³/mol. The number of rotatable bonds is 8. The Morgan fingerprint density at radius 1 is 1.05 bits per heavy atom. The molecule has 4 aromatic rings. The quantitative estimate of drug-likeness (QED) is 0.301. The van der Waals surface area contributed by atoms with Crippen LogP contribution < -0.4 is 26.0 Å². The number of pyridine rings is 1. The Bertz CT molecular complexity index is 1530. The van der Waals surface area contributed by atoms with E-state index in [1.54, 1.807) is 18.3 Å². The Balaban J connectivity index is 1.33. The van der Waals surface area contributed by atoms with E-state index in [0.29, 0.717) is 36.0 Å². The van der Waals surface area contributed by atoms with E-state index in [1.165, 1.54) is 0 Å². The number of hydrogen-bond donors (Lipinski definition) is 3. The SMILES string of the molecule is CCN(C)c1ccc(C(=O)Nc2cccc(-c3c[nH]c(=O)c(Nc4ccc(N5CCOCC5)nn4)c3)c2C)cc1. The number of ether oxygens (including phenoxy) is 1. The van der Waals surface area contributed by atoms with Gasteiger partial charge in [0.05, 0.1) is 13.2 Å². The van der Waals surface area contributed by atoms with Crippen molar-refractivity contribution in [1.82, 2.24) is 15.2 Å². The zero-order valence-electron chi connectivity index (χ0n) is 22.9. The molecule has 1 fully saturated rings. The molecule has 1 amide bonds. The third-order valence-electron chi connectivity index (χ3n) is 7.09. The zero-order valence-corrected chi connectivity index (χ0v) is 22.9. The van der Waals surface area contributed by atoms with E-state index in [-0.39, 0.29) is 11.5 Å². The predicted octanol–water partition coefficient (Wildman–Crippen LogP) is 4.43. The fourth-order valence-corrected chi connectivity index (χ4v) is 4.55. The highest BCUT2D eigenvalue weighted by atomic mass is 16.5. The Morgan fingerprint density at radius 3 is 2.52 bits per heavy atom. The van der Waals surface area contributed by atoms with Crippen LogP contribution in [0.25, 0.3) is 11.1 Å². The van der Waals surface area contributed by atoms with Crippen molar-refractivity contribution in [2.24, 2.45) is 0 Å². The minimum Gasteiger partial charge on any atom is -0.378 e. The molecule has 0 aliphatic carbocycles. The lowest BCUT2D eigenvalue weighted by Gasteiger charge is -2.27. The smallest absolute Gasteiger partial charge is 0.271 e. The lowest BCUT2D eigenvalue weighted by atomic mass is 10.00. The molecule has 0 radical (unpaired) electrons. The maximum Gasteiger partial charge on any atom is 0.271 e. The summed E-state index contributed by atoms with van der Waals surface area (Å²) in [6.07, 6.45) is 1.66. The molecular formula is C30H33N7O3. The molecule has 1 saturated heterocycles. The first-order valence-electron chi connectivity index (χ1n) is 13.3.